The topological polar surface area (TPSA) is 69.0 Å². The largest absolute Gasteiger partial charge is 0.497 e. The molecule has 0 saturated heterocycles. The maximum absolute atomic E-state index is 12.7. The second-order valence-corrected chi connectivity index (χ2v) is 7.53. The first-order chi connectivity index (χ1) is 14.1. The molecule has 6 nitrogen and oxygen atoms in total. The van der Waals surface area contributed by atoms with Gasteiger partial charge in [-0.25, -0.2) is 9.97 Å². The van der Waals surface area contributed by atoms with Crippen LogP contribution in [0.5, 0.6) is 5.75 Å². The standard InChI is InChI=1S/C22H20N4O2S/c1-26-14-13-23-22(26)21(15-7-9-16(28-2)10-8-15)25-19(27)11-12-20-24-17-5-3-4-6-18(17)29-20/h3-14,21H,1-2H3,(H,25,27)/b12-11+. The fraction of sp³-hybridized carbons (Fsp3) is 0.136. The van der Waals surface area contributed by atoms with Gasteiger partial charge < -0.3 is 14.6 Å². The van der Waals surface area contributed by atoms with Crippen molar-refractivity contribution in [3.05, 3.63) is 83.4 Å². The van der Waals surface area contributed by atoms with Gasteiger partial charge in [-0.05, 0) is 35.9 Å². The number of rotatable bonds is 6. The zero-order chi connectivity index (χ0) is 20.2. The molecule has 1 amide bonds. The number of carbonyl (C=O) groups excluding carboxylic acids is 1. The van der Waals surface area contributed by atoms with Gasteiger partial charge in [0.25, 0.3) is 0 Å². The van der Waals surface area contributed by atoms with Gasteiger partial charge in [-0.2, -0.15) is 0 Å². The van der Waals surface area contributed by atoms with Crippen LogP contribution in [0.2, 0.25) is 0 Å². The van der Waals surface area contributed by atoms with Crippen LogP contribution in [0.1, 0.15) is 22.4 Å². The van der Waals surface area contributed by atoms with Crippen molar-refractivity contribution >= 4 is 33.5 Å². The van der Waals surface area contributed by atoms with E-state index in [1.165, 1.54) is 6.08 Å². The minimum absolute atomic E-state index is 0.215. The molecule has 2 aromatic heterocycles. The summed E-state index contributed by atoms with van der Waals surface area (Å²) in [4.78, 5) is 21.6. The van der Waals surface area contributed by atoms with Crippen molar-refractivity contribution in [3.63, 3.8) is 0 Å². The number of imidazole rings is 1. The van der Waals surface area contributed by atoms with Crippen LogP contribution in [0, 0.1) is 0 Å². The average molecular weight is 404 g/mol. The fourth-order valence-electron chi connectivity index (χ4n) is 3.05. The first-order valence-corrected chi connectivity index (χ1v) is 9.91. The van der Waals surface area contributed by atoms with Gasteiger partial charge in [0.05, 0.1) is 17.3 Å². The molecule has 0 radical (unpaired) electrons. The van der Waals surface area contributed by atoms with Crippen molar-refractivity contribution in [2.24, 2.45) is 7.05 Å². The summed E-state index contributed by atoms with van der Waals surface area (Å²) >= 11 is 1.55. The number of hydrogen-bond donors (Lipinski definition) is 1. The average Bonchev–Trinajstić information content (AvgIpc) is 3.36. The van der Waals surface area contributed by atoms with Crippen LogP contribution in [0.15, 0.2) is 67.0 Å². The molecule has 1 unspecified atom stereocenters. The highest BCUT2D eigenvalue weighted by atomic mass is 32.1. The van der Waals surface area contributed by atoms with Crippen molar-refractivity contribution < 1.29 is 9.53 Å². The smallest absolute Gasteiger partial charge is 0.244 e. The number of aromatic nitrogens is 3. The van der Waals surface area contributed by atoms with Crippen LogP contribution in [-0.4, -0.2) is 27.6 Å². The van der Waals surface area contributed by atoms with E-state index in [9.17, 15) is 4.79 Å². The monoisotopic (exact) mass is 404 g/mol. The van der Waals surface area contributed by atoms with Gasteiger partial charge in [0.15, 0.2) is 0 Å². The number of aryl methyl sites for hydroxylation is 1. The molecule has 0 aliphatic rings. The third-order valence-electron chi connectivity index (χ3n) is 4.54. The zero-order valence-corrected chi connectivity index (χ0v) is 16.9. The van der Waals surface area contributed by atoms with Crippen molar-refractivity contribution in [1.82, 2.24) is 19.9 Å². The zero-order valence-electron chi connectivity index (χ0n) is 16.1. The highest BCUT2D eigenvalue weighted by Crippen LogP contribution is 2.24. The lowest BCUT2D eigenvalue weighted by Crippen LogP contribution is -2.29. The number of methoxy groups -OCH3 is 1. The summed E-state index contributed by atoms with van der Waals surface area (Å²) in [5.74, 6) is 1.29. The van der Waals surface area contributed by atoms with Gasteiger partial charge in [-0.3, -0.25) is 4.79 Å². The van der Waals surface area contributed by atoms with Crippen LogP contribution < -0.4 is 10.1 Å². The van der Waals surface area contributed by atoms with Crippen LogP contribution in [0.4, 0.5) is 0 Å². The van der Waals surface area contributed by atoms with E-state index in [2.05, 4.69) is 15.3 Å². The molecule has 146 valence electrons. The van der Waals surface area contributed by atoms with E-state index in [0.717, 1.165) is 32.4 Å². The number of thiazole rings is 1. The Labute approximate surface area is 172 Å². The molecule has 7 heteroatoms. The number of nitrogens with zero attached hydrogens (tertiary/aromatic N) is 3. The Kier molecular flexibility index (Phi) is 5.39. The minimum Gasteiger partial charge on any atom is -0.497 e. The van der Waals surface area contributed by atoms with Crippen molar-refractivity contribution in [2.45, 2.75) is 6.04 Å². The van der Waals surface area contributed by atoms with Crippen molar-refractivity contribution in [3.8, 4) is 5.75 Å². The first kappa shape index (κ1) is 18.9. The Morgan fingerprint density at radius 2 is 2.00 bits per heavy atom. The van der Waals surface area contributed by atoms with Crippen LogP contribution >= 0.6 is 11.3 Å². The molecule has 0 aliphatic heterocycles. The second kappa shape index (κ2) is 8.28. The quantitative estimate of drug-likeness (QED) is 0.494. The van der Waals surface area contributed by atoms with Gasteiger partial charge in [0.2, 0.25) is 5.91 Å². The highest BCUT2D eigenvalue weighted by Gasteiger charge is 2.20. The number of amides is 1. The van der Waals surface area contributed by atoms with Gasteiger partial charge >= 0.3 is 0 Å². The van der Waals surface area contributed by atoms with E-state index in [-0.39, 0.29) is 11.9 Å². The summed E-state index contributed by atoms with van der Waals surface area (Å²) in [6.45, 7) is 0. The number of para-hydroxylation sites is 1. The van der Waals surface area contributed by atoms with Gasteiger partial charge in [0.1, 0.15) is 22.6 Å². The lowest BCUT2D eigenvalue weighted by Gasteiger charge is -2.18. The van der Waals surface area contributed by atoms with Gasteiger partial charge in [0, 0.05) is 25.5 Å². The molecule has 0 fully saturated rings. The van der Waals surface area contributed by atoms with Crippen molar-refractivity contribution in [1.29, 1.82) is 0 Å². The number of nitrogens with one attached hydrogen (secondary N) is 1. The van der Waals surface area contributed by atoms with E-state index < -0.39 is 0 Å². The predicted molar refractivity (Wildman–Crippen MR) is 115 cm³/mol. The Bertz CT molecular complexity index is 1130. The molecule has 0 spiro atoms. The highest BCUT2D eigenvalue weighted by molar-refractivity contribution is 7.19. The Hall–Kier alpha value is -3.45. The summed E-state index contributed by atoms with van der Waals surface area (Å²) in [6, 6.07) is 15.1. The van der Waals surface area contributed by atoms with Crippen LogP contribution in [-0.2, 0) is 11.8 Å². The third kappa shape index (κ3) is 4.20. The summed E-state index contributed by atoms with van der Waals surface area (Å²) in [6.07, 6.45) is 6.82. The number of fused-ring (bicyclic) bond motifs is 1. The third-order valence-corrected chi connectivity index (χ3v) is 5.54. The Morgan fingerprint density at radius 1 is 1.21 bits per heavy atom. The molecule has 1 N–H and O–H groups in total. The predicted octanol–water partition coefficient (Wildman–Crippen LogP) is 3.96. The van der Waals surface area contributed by atoms with Crippen LogP contribution in [0.3, 0.4) is 0 Å². The summed E-state index contributed by atoms with van der Waals surface area (Å²) < 4.78 is 8.22. The molecule has 1 atom stereocenters. The van der Waals surface area contributed by atoms with Crippen LogP contribution in [0.25, 0.3) is 16.3 Å². The molecular formula is C22H20N4O2S. The summed E-state index contributed by atoms with van der Waals surface area (Å²) in [7, 11) is 3.53. The van der Waals surface area contributed by atoms with E-state index in [1.54, 1.807) is 30.7 Å². The van der Waals surface area contributed by atoms with E-state index in [1.807, 2.05) is 66.3 Å². The lowest BCUT2D eigenvalue weighted by molar-refractivity contribution is -0.117. The number of hydrogen-bond acceptors (Lipinski definition) is 5. The molecule has 2 aromatic carbocycles. The fourth-order valence-corrected chi connectivity index (χ4v) is 3.92. The Balaban J connectivity index is 1.56. The summed E-state index contributed by atoms with van der Waals surface area (Å²) in [5.41, 5.74) is 1.85. The molecule has 4 aromatic rings. The Morgan fingerprint density at radius 3 is 2.69 bits per heavy atom. The molecule has 0 bridgehead atoms. The maximum Gasteiger partial charge on any atom is 0.244 e. The summed E-state index contributed by atoms with van der Waals surface area (Å²) in [5, 5.41) is 3.84. The van der Waals surface area contributed by atoms with Gasteiger partial charge in [-0.15, -0.1) is 11.3 Å². The van der Waals surface area contributed by atoms with E-state index in [4.69, 9.17) is 4.74 Å². The number of benzene rings is 2. The minimum atomic E-state index is -0.381. The molecule has 29 heavy (non-hydrogen) atoms. The normalized spacial score (nSPS) is 12.3. The SMILES string of the molecule is COc1ccc(C(NC(=O)/C=C/c2nc3ccccc3s2)c2nccn2C)cc1. The molecule has 0 aliphatic carbocycles. The maximum atomic E-state index is 12.7. The van der Waals surface area contributed by atoms with E-state index in [0.29, 0.717) is 0 Å². The second-order valence-electron chi connectivity index (χ2n) is 6.46. The number of carbonyl (C=O) groups is 1. The first-order valence-electron chi connectivity index (χ1n) is 9.09. The van der Waals surface area contributed by atoms with Crippen molar-refractivity contribution in [2.75, 3.05) is 7.11 Å². The molecule has 0 saturated carbocycles. The lowest BCUT2D eigenvalue weighted by atomic mass is 10.1. The number of ether oxygens (including phenoxy) is 1. The molecular weight excluding hydrogens is 384 g/mol. The molecule has 4 rings (SSSR count). The van der Waals surface area contributed by atoms with Gasteiger partial charge in [-0.1, -0.05) is 24.3 Å². The molecule has 2 heterocycles. The van der Waals surface area contributed by atoms with E-state index >= 15 is 0 Å².